The Morgan fingerprint density at radius 2 is 2.17 bits per heavy atom. The fraction of sp³-hybridized carbons (Fsp3) is 0.500. The number of nitrogens with one attached hydrogen (secondary N) is 1. The number of aliphatic hydroxyl groups is 1. The van der Waals surface area contributed by atoms with Crippen LogP contribution in [0.1, 0.15) is 27.9 Å². The second kappa shape index (κ2) is 5.79. The number of aromatic carboxylic acids is 1. The van der Waals surface area contributed by atoms with E-state index in [1.54, 1.807) is 13.8 Å². The zero-order valence-electron chi connectivity index (χ0n) is 10.0. The molecular formula is C10H15NO5S2. The molecule has 0 fully saturated rings. The summed E-state index contributed by atoms with van der Waals surface area (Å²) in [4.78, 5) is 11.1. The van der Waals surface area contributed by atoms with E-state index < -0.39 is 22.0 Å². The van der Waals surface area contributed by atoms with Crippen LogP contribution in [0, 0.1) is 6.92 Å². The number of sulfonamides is 1. The molecule has 0 aliphatic heterocycles. The quantitative estimate of drug-likeness (QED) is 0.720. The lowest BCUT2D eigenvalue weighted by Crippen LogP contribution is -2.36. The van der Waals surface area contributed by atoms with Crippen molar-refractivity contribution in [3.05, 3.63) is 15.8 Å². The second-order valence-corrected chi connectivity index (χ2v) is 6.68. The number of aryl methyl sites for hydroxylation is 1. The number of thiophene rings is 1. The lowest BCUT2D eigenvalue weighted by atomic mass is 10.3. The lowest BCUT2D eigenvalue weighted by molar-refractivity contribution is 0.0702. The van der Waals surface area contributed by atoms with Gasteiger partial charge in [-0.25, -0.2) is 17.9 Å². The van der Waals surface area contributed by atoms with Crippen LogP contribution in [-0.2, 0) is 10.0 Å². The molecule has 0 saturated carbocycles. The van der Waals surface area contributed by atoms with Crippen LogP contribution < -0.4 is 4.72 Å². The summed E-state index contributed by atoms with van der Waals surface area (Å²) in [6, 6.07) is 0.567. The molecule has 1 atom stereocenters. The Morgan fingerprint density at radius 3 is 2.56 bits per heavy atom. The van der Waals surface area contributed by atoms with Crippen LogP contribution in [0.5, 0.6) is 0 Å². The smallest absolute Gasteiger partial charge is 0.345 e. The highest BCUT2D eigenvalue weighted by molar-refractivity contribution is 7.89. The van der Waals surface area contributed by atoms with Crippen LogP contribution in [-0.4, -0.2) is 37.2 Å². The summed E-state index contributed by atoms with van der Waals surface area (Å²) in [5.74, 6) is -1.15. The van der Waals surface area contributed by atoms with Gasteiger partial charge in [0.05, 0.1) is 11.5 Å². The summed E-state index contributed by atoms with van der Waals surface area (Å²) in [6.45, 7) is 2.99. The maximum absolute atomic E-state index is 12.0. The molecule has 0 amide bonds. The van der Waals surface area contributed by atoms with Gasteiger partial charge in [0.15, 0.2) is 0 Å². The SMILES string of the molecule is CC[C@@H](CO)NS(=O)(=O)c1cc(C(=O)O)sc1C. The first-order valence-electron chi connectivity index (χ1n) is 5.28. The molecular weight excluding hydrogens is 278 g/mol. The van der Waals surface area contributed by atoms with E-state index in [1.807, 2.05) is 0 Å². The van der Waals surface area contributed by atoms with Gasteiger partial charge >= 0.3 is 5.97 Å². The third kappa shape index (κ3) is 3.29. The van der Waals surface area contributed by atoms with Crippen molar-refractivity contribution in [2.24, 2.45) is 0 Å². The minimum atomic E-state index is -3.79. The van der Waals surface area contributed by atoms with Gasteiger partial charge in [0, 0.05) is 10.9 Å². The molecule has 0 radical (unpaired) electrons. The summed E-state index contributed by atoms with van der Waals surface area (Å²) in [7, 11) is -3.79. The minimum absolute atomic E-state index is 0.0232. The molecule has 3 N–H and O–H groups in total. The van der Waals surface area contributed by atoms with E-state index in [1.165, 1.54) is 0 Å². The van der Waals surface area contributed by atoms with E-state index in [0.29, 0.717) is 11.3 Å². The largest absolute Gasteiger partial charge is 0.477 e. The minimum Gasteiger partial charge on any atom is -0.477 e. The van der Waals surface area contributed by atoms with E-state index in [9.17, 15) is 13.2 Å². The van der Waals surface area contributed by atoms with Crippen molar-refractivity contribution >= 4 is 27.3 Å². The average molecular weight is 293 g/mol. The normalized spacial score (nSPS) is 13.5. The van der Waals surface area contributed by atoms with E-state index in [4.69, 9.17) is 10.2 Å². The van der Waals surface area contributed by atoms with Gasteiger partial charge in [-0.3, -0.25) is 0 Å². The number of aliphatic hydroxyl groups excluding tert-OH is 1. The highest BCUT2D eigenvalue weighted by Crippen LogP contribution is 2.25. The first-order chi connectivity index (χ1) is 8.31. The number of carbonyl (C=O) groups is 1. The maximum Gasteiger partial charge on any atom is 0.345 e. The van der Waals surface area contributed by atoms with Crippen LogP contribution in [0.2, 0.25) is 0 Å². The molecule has 0 saturated heterocycles. The fourth-order valence-corrected chi connectivity index (χ4v) is 4.11. The molecule has 18 heavy (non-hydrogen) atoms. The van der Waals surface area contributed by atoms with Gasteiger partial charge in [-0.2, -0.15) is 0 Å². The van der Waals surface area contributed by atoms with Gasteiger partial charge in [0.25, 0.3) is 0 Å². The molecule has 0 spiro atoms. The Morgan fingerprint density at radius 1 is 1.56 bits per heavy atom. The van der Waals surface area contributed by atoms with Gasteiger partial charge in [0.1, 0.15) is 4.88 Å². The van der Waals surface area contributed by atoms with Gasteiger partial charge in [-0.05, 0) is 19.4 Å². The van der Waals surface area contributed by atoms with Crippen LogP contribution in [0.15, 0.2) is 11.0 Å². The zero-order valence-corrected chi connectivity index (χ0v) is 11.6. The van der Waals surface area contributed by atoms with Crippen molar-refractivity contribution in [1.82, 2.24) is 4.72 Å². The highest BCUT2D eigenvalue weighted by atomic mass is 32.2. The van der Waals surface area contributed by atoms with Crippen molar-refractivity contribution in [3.63, 3.8) is 0 Å². The molecule has 1 aromatic heterocycles. The van der Waals surface area contributed by atoms with Crippen LogP contribution in [0.4, 0.5) is 0 Å². The number of carboxylic acids is 1. The van der Waals surface area contributed by atoms with Gasteiger partial charge in [0.2, 0.25) is 10.0 Å². The molecule has 0 bridgehead atoms. The molecule has 102 valence electrons. The van der Waals surface area contributed by atoms with Gasteiger partial charge in [-0.1, -0.05) is 6.92 Å². The van der Waals surface area contributed by atoms with E-state index in [0.717, 1.165) is 17.4 Å². The zero-order chi connectivity index (χ0) is 13.9. The van der Waals surface area contributed by atoms with Crippen molar-refractivity contribution in [3.8, 4) is 0 Å². The van der Waals surface area contributed by atoms with E-state index in [2.05, 4.69) is 4.72 Å². The van der Waals surface area contributed by atoms with E-state index in [-0.39, 0.29) is 16.4 Å². The predicted molar refractivity (Wildman–Crippen MR) is 67.5 cm³/mol. The monoisotopic (exact) mass is 293 g/mol. The Bertz CT molecular complexity index is 530. The van der Waals surface area contributed by atoms with Crippen LogP contribution in [0.3, 0.4) is 0 Å². The summed E-state index contributed by atoms with van der Waals surface area (Å²) in [5.41, 5.74) is 0. The van der Waals surface area contributed by atoms with Crippen LogP contribution >= 0.6 is 11.3 Å². The molecule has 1 rings (SSSR count). The van der Waals surface area contributed by atoms with Crippen molar-refractivity contribution in [2.45, 2.75) is 31.2 Å². The maximum atomic E-state index is 12.0. The summed E-state index contributed by atoms with van der Waals surface area (Å²) >= 11 is 0.910. The number of hydrogen-bond donors (Lipinski definition) is 3. The summed E-state index contributed by atoms with van der Waals surface area (Å²) in [5, 5.41) is 17.8. The molecule has 1 heterocycles. The third-order valence-electron chi connectivity index (χ3n) is 2.41. The second-order valence-electron chi connectivity index (χ2n) is 3.75. The summed E-state index contributed by atoms with van der Waals surface area (Å²) < 4.78 is 26.4. The van der Waals surface area contributed by atoms with Gasteiger partial charge in [-0.15, -0.1) is 11.3 Å². The first kappa shape index (κ1) is 15.1. The molecule has 0 aliphatic carbocycles. The summed E-state index contributed by atoms with van der Waals surface area (Å²) in [6.07, 6.45) is 0.449. The van der Waals surface area contributed by atoms with Crippen molar-refractivity contribution < 1.29 is 23.4 Å². The third-order valence-corrected chi connectivity index (χ3v) is 5.22. The Hall–Kier alpha value is -0.960. The van der Waals surface area contributed by atoms with Crippen molar-refractivity contribution in [2.75, 3.05) is 6.61 Å². The Balaban J connectivity index is 3.09. The standard InChI is InChI=1S/C10H15NO5S2/c1-3-7(5-12)11-18(15,16)9-4-8(10(13)14)17-6(9)2/h4,7,11-12H,3,5H2,1-2H3,(H,13,14)/t7-/m0/s1. The number of rotatable bonds is 6. The van der Waals surface area contributed by atoms with E-state index >= 15 is 0 Å². The molecule has 1 aromatic rings. The molecule has 8 heteroatoms. The molecule has 0 aliphatic rings. The molecule has 0 aromatic carbocycles. The predicted octanol–water partition coefficient (Wildman–Crippen LogP) is 0.804. The molecule has 0 unspecified atom stereocenters. The van der Waals surface area contributed by atoms with Crippen LogP contribution in [0.25, 0.3) is 0 Å². The lowest BCUT2D eigenvalue weighted by Gasteiger charge is -2.13. The fourth-order valence-electron chi connectivity index (χ4n) is 1.37. The number of hydrogen-bond acceptors (Lipinski definition) is 5. The highest BCUT2D eigenvalue weighted by Gasteiger charge is 2.24. The number of carboxylic acid groups (broad SMARTS) is 1. The van der Waals surface area contributed by atoms with Crippen molar-refractivity contribution in [1.29, 1.82) is 0 Å². The van der Waals surface area contributed by atoms with Gasteiger partial charge < -0.3 is 10.2 Å². The Labute approximate surface area is 109 Å². The first-order valence-corrected chi connectivity index (χ1v) is 7.58. The molecule has 6 nitrogen and oxygen atoms in total. The average Bonchev–Trinajstić information content (AvgIpc) is 2.69. The topological polar surface area (TPSA) is 104 Å². The Kier molecular flexibility index (Phi) is 4.85.